The first-order valence-corrected chi connectivity index (χ1v) is 7.37. The molecule has 124 valence electrons. The molecule has 5 nitrogen and oxygen atoms in total. The van der Waals surface area contributed by atoms with Gasteiger partial charge in [0.1, 0.15) is 32.8 Å². The molecule has 0 amide bonds. The highest BCUT2D eigenvalue weighted by Gasteiger charge is 2.25. The third-order valence-electron chi connectivity index (χ3n) is 3.78. The van der Waals surface area contributed by atoms with Crippen LogP contribution in [0.1, 0.15) is 5.56 Å². The molecule has 0 spiro atoms. The van der Waals surface area contributed by atoms with Crippen LogP contribution in [0, 0.1) is 0 Å². The number of esters is 1. The summed E-state index contributed by atoms with van der Waals surface area (Å²) in [5.41, 5.74) is 1.05. The molecule has 2 rings (SSSR count). The second-order valence-corrected chi connectivity index (χ2v) is 5.60. The van der Waals surface area contributed by atoms with Gasteiger partial charge in [-0.3, -0.25) is 0 Å². The van der Waals surface area contributed by atoms with Gasteiger partial charge in [0.15, 0.2) is 0 Å². The summed E-state index contributed by atoms with van der Waals surface area (Å²) < 4.78 is 16.8. The van der Waals surface area contributed by atoms with Gasteiger partial charge in [0, 0.05) is 0 Å². The van der Waals surface area contributed by atoms with Gasteiger partial charge in [0.2, 0.25) is 0 Å². The smallest absolute Gasteiger partial charge is 0.332 e. The molecule has 1 heterocycles. The van der Waals surface area contributed by atoms with Crippen LogP contribution in [0.15, 0.2) is 30.3 Å². The van der Waals surface area contributed by atoms with Crippen molar-refractivity contribution >= 4 is 5.97 Å². The summed E-state index contributed by atoms with van der Waals surface area (Å²) in [6.45, 7) is 5.21. The van der Waals surface area contributed by atoms with Crippen LogP contribution < -0.4 is 24.0 Å². The maximum atomic E-state index is 11.6. The number of rotatable bonds is 7. The minimum atomic E-state index is -0.300. The average Bonchev–Trinajstić information content (AvgIpc) is 2.49. The molecule has 0 N–H and O–H groups in total. The van der Waals surface area contributed by atoms with E-state index in [1.807, 2.05) is 30.3 Å². The van der Waals surface area contributed by atoms with E-state index in [0.29, 0.717) is 13.2 Å². The van der Waals surface area contributed by atoms with Gasteiger partial charge >= 0.3 is 5.97 Å². The largest absolute Gasteiger partial charge is 1.00 e. The lowest BCUT2D eigenvalue weighted by Gasteiger charge is -2.37. The van der Waals surface area contributed by atoms with Crippen LogP contribution in [0.4, 0.5) is 0 Å². The fraction of sp³-hybridized carbons (Fsp3) is 0.562. The Morgan fingerprint density at radius 3 is 2.59 bits per heavy atom. The number of nitrogens with zero attached hydrogens (tertiary/aromatic N) is 1. The first-order chi connectivity index (χ1) is 10.2. The van der Waals surface area contributed by atoms with E-state index in [2.05, 4.69) is 7.05 Å². The van der Waals surface area contributed by atoms with Gasteiger partial charge in [-0.2, -0.15) is 0 Å². The molecular weight excluding hydrogens is 397 g/mol. The highest BCUT2D eigenvalue weighted by atomic mass is 127. The molecule has 1 fully saturated rings. The summed E-state index contributed by atoms with van der Waals surface area (Å²) in [5.74, 6) is -0.300. The van der Waals surface area contributed by atoms with Crippen LogP contribution in [0.25, 0.3) is 0 Å². The Balaban J connectivity index is 0.00000242. The van der Waals surface area contributed by atoms with Gasteiger partial charge in [0.25, 0.3) is 0 Å². The number of morpholine rings is 1. The fourth-order valence-electron chi connectivity index (χ4n) is 2.26. The monoisotopic (exact) mass is 421 g/mol. The first kappa shape index (κ1) is 19.3. The van der Waals surface area contributed by atoms with Crippen LogP contribution in [0.5, 0.6) is 0 Å². The molecule has 0 aromatic heterocycles. The van der Waals surface area contributed by atoms with E-state index in [9.17, 15) is 4.79 Å². The van der Waals surface area contributed by atoms with E-state index in [0.717, 1.165) is 42.9 Å². The third-order valence-corrected chi connectivity index (χ3v) is 3.78. The summed E-state index contributed by atoms with van der Waals surface area (Å²) in [4.78, 5) is 11.6. The van der Waals surface area contributed by atoms with Crippen LogP contribution in [0.2, 0.25) is 0 Å². The fourth-order valence-corrected chi connectivity index (χ4v) is 2.26. The Kier molecular flexibility index (Phi) is 8.92. The zero-order valence-corrected chi connectivity index (χ0v) is 15.2. The summed E-state index contributed by atoms with van der Waals surface area (Å²) in [5, 5.41) is 0. The number of halogens is 1. The average molecular weight is 421 g/mol. The summed E-state index contributed by atoms with van der Waals surface area (Å²) in [6, 6.07) is 9.78. The third kappa shape index (κ3) is 7.04. The SMILES string of the molecule is C[N+]1(CCOC(=O)COCc2ccccc2)CCOCC1.[I-]. The molecule has 1 aromatic rings. The van der Waals surface area contributed by atoms with Gasteiger partial charge < -0.3 is 42.7 Å². The standard InChI is InChI=1S/C16H24NO4.HI/c1-17(7-10-19-11-8-17)9-12-21-16(18)14-20-13-15-5-3-2-4-6-15;/h2-6H,7-14H2,1H3;1H/q+1;/p-1. The van der Waals surface area contributed by atoms with Gasteiger partial charge in [-0.05, 0) is 5.56 Å². The quantitative estimate of drug-likeness (QED) is 0.297. The Morgan fingerprint density at radius 2 is 1.91 bits per heavy atom. The number of carbonyl (C=O) groups is 1. The van der Waals surface area contributed by atoms with Crippen molar-refractivity contribution in [2.75, 3.05) is 53.1 Å². The summed E-state index contributed by atoms with van der Waals surface area (Å²) in [6.07, 6.45) is 0. The first-order valence-electron chi connectivity index (χ1n) is 7.37. The maximum Gasteiger partial charge on any atom is 0.332 e. The zero-order chi connectivity index (χ0) is 15.0. The second kappa shape index (κ2) is 10.1. The highest BCUT2D eigenvalue weighted by Crippen LogP contribution is 2.07. The Morgan fingerprint density at radius 1 is 1.23 bits per heavy atom. The van der Waals surface area contributed by atoms with E-state index in [-0.39, 0.29) is 36.6 Å². The molecule has 1 aromatic carbocycles. The van der Waals surface area contributed by atoms with E-state index < -0.39 is 0 Å². The number of quaternary nitrogens is 1. The predicted molar refractivity (Wildman–Crippen MR) is 78.7 cm³/mol. The van der Waals surface area contributed by atoms with Gasteiger partial charge in [-0.25, -0.2) is 4.79 Å². The van der Waals surface area contributed by atoms with Gasteiger partial charge in [-0.1, -0.05) is 30.3 Å². The van der Waals surface area contributed by atoms with Crippen LogP contribution in [-0.4, -0.2) is 63.6 Å². The molecule has 1 aliphatic heterocycles. The number of ether oxygens (including phenoxy) is 3. The summed E-state index contributed by atoms with van der Waals surface area (Å²) >= 11 is 0. The molecule has 0 saturated carbocycles. The van der Waals surface area contributed by atoms with Gasteiger partial charge in [-0.15, -0.1) is 0 Å². The van der Waals surface area contributed by atoms with Crippen molar-refractivity contribution in [1.29, 1.82) is 0 Å². The van der Waals surface area contributed by atoms with Crippen molar-refractivity contribution in [2.24, 2.45) is 0 Å². The predicted octanol–water partition coefficient (Wildman–Crippen LogP) is -1.77. The minimum Gasteiger partial charge on any atom is -1.00 e. The summed E-state index contributed by atoms with van der Waals surface area (Å²) in [7, 11) is 2.17. The lowest BCUT2D eigenvalue weighted by molar-refractivity contribution is -0.917. The second-order valence-electron chi connectivity index (χ2n) is 5.60. The Hall–Kier alpha value is -0.700. The number of hydrogen-bond acceptors (Lipinski definition) is 4. The van der Waals surface area contributed by atoms with Crippen LogP contribution in [0.3, 0.4) is 0 Å². The molecule has 22 heavy (non-hydrogen) atoms. The topological polar surface area (TPSA) is 44.8 Å². The van der Waals surface area contributed by atoms with E-state index in [1.54, 1.807) is 0 Å². The lowest BCUT2D eigenvalue weighted by Crippen LogP contribution is -3.00. The zero-order valence-electron chi connectivity index (χ0n) is 13.0. The van der Waals surface area contributed by atoms with Crippen molar-refractivity contribution in [3.63, 3.8) is 0 Å². The van der Waals surface area contributed by atoms with Crippen molar-refractivity contribution in [2.45, 2.75) is 6.61 Å². The van der Waals surface area contributed by atoms with Crippen molar-refractivity contribution in [3.8, 4) is 0 Å². The van der Waals surface area contributed by atoms with E-state index >= 15 is 0 Å². The molecular formula is C16H24INO4. The number of carbonyl (C=O) groups excluding carboxylic acids is 1. The normalized spacial score (nSPS) is 16.6. The maximum absolute atomic E-state index is 11.6. The van der Waals surface area contributed by atoms with Crippen molar-refractivity contribution < 1.29 is 47.5 Å². The highest BCUT2D eigenvalue weighted by molar-refractivity contribution is 5.70. The van der Waals surface area contributed by atoms with Crippen molar-refractivity contribution in [3.05, 3.63) is 35.9 Å². The lowest BCUT2D eigenvalue weighted by atomic mass is 10.2. The molecule has 0 bridgehead atoms. The molecule has 1 aliphatic rings. The van der Waals surface area contributed by atoms with E-state index in [4.69, 9.17) is 14.2 Å². The minimum absolute atomic E-state index is 0. The van der Waals surface area contributed by atoms with Crippen molar-refractivity contribution in [1.82, 2.24) is 0 Å². The number of likely N-dealkylation sites (N-methyl/N-ethyl adjacent to an activating group) is 1. The number of hydrogen-bond donors (Lipinski definition) is 0. The molecule has 1 saturated heterocycles. The van der Waals surface area contributed by atoms with Gasteiger partial charge in [0.05, 0.1) is 26.9 Å². The van der Waals surface area contributed by atoms with Crippen LogP contribution >= 0.6 is 0 Å². The molecule has 0 unspecified atom stereocenters. The number of benzene rings is 1. The molecule has 0 aliphatic carbocycles. The Labute approximate surface area is 149 Å². The van der Waals surface area contributed by atoms with Crippen LogP contribution in [-0.2, 0) is 25.6 Å². The molecule has 6 heteroatoms. The molecule has 0 atom stereocenters. The Bertz CT molecular complexity index is 435. The molecule has 0 radical (unpaired) electrons. The van der Waals surface area contributed by atoms with E-state index in [1.165, 1.54) is 0 Å².